The summed E-state index contributed by atoms with van der Waals surface area (Å²) in [5.41, 5.74) is 0. The molecule has 17 nitrogen and oxygen atoms in total. The Morgan fingerprint density at radius 3 is 0.826 bits per heavy atom. The van der Waals surface area contributed by atoms with E-state index in [1.807, 2.05) is 0 Å². The molecule has 546 valence electrons. The van der Waals surface area contributed by atoms with Crippen LogP contribution >= 0.6 is 15.6 Å². The fraction of sp³-hybridized carbons (Fsp3) is 0.945. The maximum atomic E-state index is 13.1. The largest absolute Gasteiger partial charge is 0.472 e. The van der Waals surface area contributed by atoms with Crippen LogP contribution in [0.1, 0.15) is 370 Å². The Morgan fingerprint density at radius 2 is 0.554 bits per heavy atom. The van der Waals surface area contributed by atoms with E-state index in [0.29, 0.717) is 25.7 Å². The first-order chi connectivity index (χ1) is 44.3. The second-order valence-corrected chi connectivity index (χ2v) is 30.4. The zero-order chi connectivity index (χ0) is 68.0. The highest BCUT2D eigenvalue weighted by Crippen LogP contribution is 2.45. The van der Waals surface area contributed by atoms with Gasteiger partial charge in [-0.15, -0.1) is 0 Å². The van der Waals surface area contributed by atoms with Gasteiger partial charge in [0.15, 0.2) is 12.2 Å². The van der Waals surface area contributed by atoms with Gasteiger partial charge in [0.25, 0.3) is 0 Å². The van der Waals surface area contributed by atoms with Gasteiger partial charge < -0.3 is 33.8 Å². The van der Waals surface area contributed by atoms with E-state index >= 15 is 0 Å². The molecule has 3 unspecified atom stereocenters. The molecule has 0 rings (SSSR count). The minimum atomic E-state index is -4.95. The van der Waals surface area contributed by atoms with Gasteiger partial charge >= 0.3 is 39.5 Å². The number of ether oxygens (including phenoxy) is 4. The molecule has 6 atom stereocenters. The van der Waals surface area contributed by atoms with Crippen LogP contribution in [-0.4, -0.2) is 96.7 Å². The first-order valence-corrected chi connectivity index (χ1v) is 40.9. The quantitative estimate of drug-likeness (QED) is 0.0222. The third kappa shape index (κ3) is 65.4. The monoisotopic (exact) mass is 1350 g/mol. The van der Waals surface area contributed by atoms with Crippen LogP contribution in [0.3, 0.4) is 0 Å². The van der Waals surface area contributed by atoms with Crippen LogP contribution in [-0.2, 0) is 65.4 Å². The summed E-state index contributed by atoms with van der Waals surface area (Å²) in [6.45, 7) is 11.9. The highest BCUT2D eigenvalue weighted by Gasteiger charge is 2.30. The maximum absolute atomic E-state index is 13.1. The molecule has 0 aromatic rings. The van der Waals surface area contributed by atoms with Crippen molar-refractivity contribution >= 4 is 39.5 Å². The topological polar surface area (TPSA) is 237 Å². The molecule has 0 aliphatic heterocycles. The molecule has 19 heteroatoms. The van der Waals surface area contributed by atoms with E-state index in [1.54, 1.807) is 0 Å². The predicted molar refractivity (Wildman–Crippen MR) is 372 cm³/mol. The first-order valence-electron chi connectivity index (χ1n) is 37.9. The molecule has 3 N–H and O–H groups in total. The van der Waals surface area contributed by atoms with E-state index < -0.39 is 97.5 Å². The van der Waals surface area contributed by atoms with Crippen molar-refractivity contribution in [1.29, 1.82) is 0 Å². The lowest BCUT2D eigenvalue weighted by Crippen LogP contribution is -2.30. The Kier molecular flexibility index (Phi) is 62.4. The highest BCUT2D eigenvalue weighted by molar-refractivity contribution is 7.47. The zero-order valence-electron chi connectivity index (χ0n) is 60.0. The predicted octanol–water partition coefficient (Wildman–Crippen LogP) is 21.0. The molecular formula is C73H142O17P2. The van der Waals surface area contributed by atoms with Crippen molar-refractivity contribution in [1.82, 2.24) is 0 Å². The van der Waals surface area contributed by atoms with Crippen molar-refractivity contribution in [3.8, 4) is 0 Å². The lowest BCUT2D eigenvalue weighted by atomic mass is 9.99. The normalized spacial score (nSPS) is 14.4. The number of carbonyl (C=O) groups excluding carboxylic acids is 4. The van der Waals surface area contributed by atoms with Crippen molar-refractivity contribution in [2.75, 3.05) is 39.6 Å². The number of esters is 4. The average Bonchev–Trinajstić information content (AvgIpc) is 1.81. The Labute approximate surface area is 562 Å². The van der Waals surface area contributed by atoms with Gasteiger partial charge in [-0.2, -0.15) is 0 Å². The summed E-state index contributed by atoms with van der Waals surface area (Å²) in [4.78, 5) is 72.7. The van der Waals surface area contributed by atoms with Gasteiger partial charge in [0, 0.05) is 25.7 Å². The molecule has 0 spiro atoms. The van der Waals surface area contributed by atoms with Crippen LogP contribution in [0.25, 0.3) is 0 Å². The summed E-state index contributed by atoms with van der Waals surface area (Å²) in [7, 11) is -9.91. The van der Waals surface area contributed by atoms with Gasteiger partial charge in [-0.05, 0) is 43.4 Å². The first kappa shape index (κ1) is 90.1. The van der Waals surface area contributed by atoms with Gasteiger partial charge in [-0.25, -0.2) is 9.13 Å². The molecule has 0 aromatic heterocycles. The highest BCUT2D eigenvalue weighted by atomic mass is 31.2. The zero-order valence-corrected chi connectivity index (χ0v) is 61.8. The number of phosphoric ester groups is 2. The Balaban J connectivity index is 5.26. The van der Waals surface area contributed by atoms with E-state index in [1.165, 1.54) is 180 Å². The van der Waals surface area contributed by atoms with Crippen LogP contribution < -0.4 is 0 Å². The molecule has 0 aliphatic rings. The molecule has 0 aliphatic carbocycles. The molecule has 0 fully saturated rings. The summed E-state index contributed by atoms with van der Waals surface area (Å²) < 4.78 is 68.4. The van der Waals surface area contributed by atoms with Crippen LogP contribution in [0, 0.1) is 17.8 Å². The van der Waals surface area contributed by atoms with Crippen molar-refractivity contribution in [3.05, 3.63) is 0 Å². The van der Waals surface area contributed by atoms with E-state index in [4.69, 9.17) is 37.0 Å². The number of aliphatic hydroxyl groups is 1. The molecule has 0 aromatic carbocycles. The van der Waals surface area contributed by atoms with Gasteiger partial charge in [-0.1, -0.05) is 318 Å². The van der Waals surface area contributed by atoms with E-state index in [2.05, 4.69) is 48.5 Å². The van der Waals surface area contributed by atoms with E-state index in [9.17, 15) is 43.2 Å². The second kappa shape index (κ2) is 63.8. The number of unbranched alkanes of at least 4 members (excludes halogenated alkanes) is 38. The van der Waals surface area contributed by atoms with Crippen LogP contribution in [0.2, 0.25) is 0 Å². The molecule has 92 heavy (non-hydrogen) atoms. The average molecular weight is 1350 g/mol. The number of phosphoric acid groups is 2. The second-order valence-electron chi connectivity index (χ2n) is 27.5. The Morgan fingerprint density at radius 1 is 0.315 bits per heavy atom. The van der Waals surface area contributed by atoms with Crippen molar-refractivity contribution < 1.29 is 80.2 Å². The fourth-order valence-corrected chi connectivity index (χ4v) is 12.6. The maximum Gasteiger partial charge on any atom is 0.472 e. The van der Waals surface area contributed by atoms with Gasteiger partial charge in [0.2, 0.25) is 0 Å². The molecule has 0 saturated carbocycles. The third-order valence-corrected chi connectivity index (χ3v) is 19.1. The Hall–Kier alpha value is -1.94. The fourth-order valence-electron chi connectivity index (χ4n) is 11.0. The molecule has 0 saturated heterocycles. The van der Waals surface area contributed by atoms with Gasteiger partial charge in [0.05, 0.1) is 26.4 Å². The van der Waals surface area contributed by atoms with Crippen molar-refractivity contribution in [2.45, 2.75) is 388 Å². The summed E-state index contributed by atoms with van der Waals surface area (Å²) >= 11 is 0. The summed E-state index contributed by atoms with van der Waals surface area (Å²) in [5.74, 6) is 0.218. The molecule has 0 bridgehead atoms. The minimum absolute atomic E-state index is 0.106. The number of rotatable bonds is 71. The van der Waals surface area contributed by atoms with Gasteiger partial charge in [0.1, 0.15) is 19.3 Å². The van der Waals surface area contributed by atoms with E-state index in [-0.39, 0.29) is 25.7 Å². The van der Waals surface area contributed by atoms with Crippen LogP contribution in [0.15, 0.2) is 0 Å². The van der Waals surface area contributed by atoms with Crippen LogP contribution in [0.4, 0.5) is 0 Å². The van der Waals surface area contributed by atoms with Crippen LogP contribution in [0.5, 0.6) is 0 Å². The van der Waals surface area contributed by atoms with E-state index in [0.717, 1.165) is 108 Å². The number of aliphatic hydroxyl groups excluding tert-OH is 1. The van der Waals surface area contributed by atoms with Crippen molar-refractivity contribution in [3.63, 3.8) is 0 Å². The number of carbonyl (C=O) groups is 4. The molecule has 0 amide bonds. The molecule has 0 heterocycles. The standard InChI is InChI=1S/C73H142O17P2/c1-8-10-11-12-13-14-26-33-40-47-54-70(75)83-60-68(90-73(78)57-50-43-36-29-22-21-25-32-39-46-53-66(7)9-2)62-87-91(79,80)85-58-67(74)59-86-92(81,82)88-63-69(89-72(77)56-49-42-35-28-20-16-18-24-31-38-45-52-65(5)6)61-84-71(76)55-48-41-34-27-19-15-17-23-30-37-44-51-64(3)4/h64-69,74H,8-63H2,1-7H3,(H,79,80)(H,81,82)/t66?,67-,68+,69+/m0/s1. The SMILES string of the molecule is CCCCCCCCCCCCC(=O)OC[C@H](COP(=O)(O)OC[C@H](O)COP(=O)(O)OC[C@@H](COC(=O)CCCCCCCCCCCCCC(C)C)OC(=O)CCCCCCCCCCCCCC(C)C)OC(=O)CCCCCCCCCCCCC(C)CC. The number of hydrogen-bond donors (Lipinski definition) is 3. The minimum Gasteiger partial charge on any atom is -0.462 e. The summed E-state index contributed by atoms with van der Waals surface area (Å²) in [5, 5.41) is 10.6. The molecule has 0 radical (unpaired) electrons. The van der Waals surface area contributed by atoms with Crippen molar-refractivity contribution in [2.24, 2.45) is 17.8 Å². The lowest BCUT2D eigenvalue weighted by Gasteiger charge is -2.21. The number of hydrogen-bond acceptors (Lipinski definition) is 15. The lowest BCUT2D eigenvalue weighted by molar-refractivity contribution is -0.161. The third-order valence-electron chi connectivity index (χ3n) is 17.2. The molecular weight excluding hydrogens is 1210 g/mol. The summed E-state index contributed by atoms with van der Waals surface area (Å²) in [6, 6.07) is 0. The van der Waals surface area contributed by atoms with Gasteiger partial charge in [-0.3, -0.25) is 37.3 Å². The Bertz CT molecular complexity index is 1800. The smallest absolute Gasteiger partial charge is 0.462 e. The summed E-state index contributed by atoms with van der Waals surface area (Å²) in [6.07, 6.45) is 48.4.